The molecule has 1 aliphatic heterocycles. The van der Waals surface area contributed by atoms with Gasteiger partial charge in [0, 0.05) is 37.0 Å². The minimum Gasteiger partial charge on any atom is -0.349 e. The Labute approximate surface area is 208 Å². The molecule has 0 unspecified atom stereocenters. The molecule has 0 aliphatic carbocycles. The van der Waals surface area contributed by atoms with Crippen LogP contribution in [-0.4, -0.2) is 58.9 Å². The molecule has 1 aromatic rings. The van der Waals surface area contributed by atoms with Crippen molar-refractivity contribution < 1.29 is 24.4 Å². The summed E-state index contributed by atoms with van der Waals surface area (Å²) < 4.78 is 0. The van der Waals surface area contributed by atoms with Gasteiger partial charge in [0.25, 0.3) is 5.91 Å². The summed E-state index contributed by atoms with van der Waals surface area (Å²) in [6, 6.07) is 8.23. The minimum atomic E-state index is -0.766. The number of benzene rings is 1. The van der Waals surface area contributed by atoms with Crippen LogP contribution < -0.4 is 16.1 Å². The van der Waals surface area contributed by atoms with Crippen LogP contribution in [0.4, 0.5) is 0 Å². The van der Waals surface area contributed by atoms with Crippen LogP contribution in [0.15, 0.2) is 30.3 Å². The molecule has 194 valence electrons. The average Bonchev–Trinajstić information content (AvgIpc) is 2.81. The van der Waals surface area contributed by atoms with Crippen LogP contribution in [0.25, 0.3) is 0 Å². The highest BCUT2D eigenvalue weighted by Gasteiger charge is 2.38. The highest BCUT2D eigenvalue weighted by atomic mass is 16.5. The second-order valence-electron chi connectivity index (χ2n) is 10.8. The van der Waals surface area contributed by atoms with E-state index in [1.807, 2.05) is 52.8 Å². The van der Waals surface area contributed by atoms with Gasteiger partial charge in [-0.25, -0.2) is 5.48 Å². The van der Waals surface area contributed by atoms with Gasteiger partial charge >= 0.3 is 0 Å². The minimum absolute atomic E-state index is 0.0261. The van der Waals surface area contributed by atoms with Gasteiger partial charge in [0.2, 0.25) is 17.7 Å². The number of rotatable bonds is 9. The molecule has 1 aromatic carbocycles. The Balaban J connectivity index is 2.01. The number of carbonyl (C=O) groups excluding carboxylic acids is 4. The van der Waals surface area contributed by atoms with E-state index in [4.69, 9.17) is 5.21 Å². The van der Waals surface area contributed by atoms with Crippen molar-refractivity contribution in [2.24, 2.45) is 17.3 Å². The lowest BCUT2D eigenvalue weighted by Gasteiger charge is -2.39. The molecule has 2 atom stereocenters. The van der Waals surface area contributed by atoms with Crippen molar-refractivity contribution in [3.63, 3.8) is 0 Å². The van der Waals surface area contributed by atoms with Crippen LogP contribution in [0, 0.1) is 17.3 Å². The van der Waals surface area contributed by atoms with Crippen molar-refractivity contribution in [1.29, 1.82) is 0 Å². The Kier molecular flexibility index (Phi) is 10.2. The summed E-state index contributed by atoms with van der Waals surface area (Å²) >= 11 is 0. The van der Waals surface area contributed by atoms with E-state index in [1.54, 1.807) is 22.5 Å². The second kappa shape index (κ2) is 12.7. The third kappa shape index (κ3) is 8.65. The number of amides is 4. The fourth-order valence-electron chi connectivity index (χ4n) is 4.32. The van der Waals surface area contributed by atoms with E-state index in [1.165, 1.54) is 0 Å². The fourth-order valence-corrected chi connectivity index (χ4v) is 4.32. The van der Waals surface area contributed by atoms with Crippen LogP contribution in [0.5, 0.6) is 0 Å². The first-order chi connectivity index (χ1) is 16.4. The molecule has 2 rings (SSSR count). The quantitative estimate of drug-likeness (QED) is 0.314. The smallest absolute Gasteiger partial charge is 0.251 e. The summed E-state index contributed by atoms with van der Waals surface area (Å²) in [5.74, 6) is -1.80. The maximum absolute atomic E-state index is 13.5. The van der Waals surface area contributed by atoms with Crippen LogP contribution >= 0.6 is 0 Å². The highest BCUT2D eigenvalue weighted by Crippen LogP contribution is 2.25. The number of likely N-dealkylation sites (tertiary alicyclic amines) is 1. The van der Waals surface area contributed by atoms with E-state index >= 15 is 0 Å². The van der Waals surface area contributed by atoms with Gasteiger partial charge < -0.3 is 15.5 Å². The molecule has 4 amide bonds. The molecule has 0 spiro atoms. The summed E-state index contributed by atoms with van der Waals surface area (Å²) in [5, 5.41) is 14.8. The number of hydrogen-bond donors (Lipinski definition) is 4. The lowest BCUT2D eigenvalue weighted by molar-refractivity contribution is -0.142. The van der Waals surface area contributed by atoms with E-state index in [-0.39, 0.29) is 36.1 Å². The summed E-state index contributed by atoms with van der Waals surface area (Å²) in [4.78, 5) is 52.5. The van der Waals surface area contributed by atoms with Gasteiger partial charge in [-0.1, -0.05) is 52.8 Å². The Morgan fingerprint density at radius 3 is 2.17 bits per heavy atom. The zero-order valence-corrected chi connectivity index (χ0v) is 21.5. The average molecular weight is 489 g/mol. The molecular formula is C26H40N4O5. The molecule has 0 aromatic heterocycles. The van der Waals surface area contributed by atoms with Crippen LogP contribution in [0.3, 0.4) is 0 Å². The summed E-state index contributed by atoms with van der Waals surface area (Å²) in [6.07, 6.45) is 1.55. The lowest BCUT2D eigenvalue weighted by atomic mass is 9.84. The van der Waals surface area contributed by atoms with Crippen molar-refractivity contribution in [3.05, 3.63) is 35.9 Å². The van der Waals surface area contributed by atoms with Gasteiger partial charge in [0.05, 0.1) is 0 Å². The Bertz CT molecular complexity index is 873. The second-order valence-corrected chi connectivity index (χ2v) is 10.8. The molecule has 1 heterocycles. The maximum Gasteiger partial charge on any atom is 0.251 e. The van der Waals surface area contributed by atoms with Gasteiger partial charge in [0.1, 0.15) is 6.04 Å². The van der Waals surface area contributed by atoms with Crippen molar-refractivity contribution in [1.82, 2.24) is 21.0 Å². The molecule has 1 aliphatic rings. The summed E-state index contributed by atoms with van der Waals surface area (Å²) in [6.45, 7) is 10.5. The standard InChI is InChI=1S/C26H40N4O5/c1-17(2)15-19(16-21(31)29-35)24(33)28-22(26(3,4)5)25(34)30-13-11-20(12-14-30)27-23(32)18-9-7-6-8-10-18/h6-10,17,19-20,22,35H,11-16H2,1-5H3,(H,27,32)(H,28,33)(H,29,31)/t19-,22-/m0/s1. The number of hydrogen-bond acceptors (Lipinski definition) is 5. The topological polar surface area (TPSA) is 128 Å². The van der Waals surface area contributed by atoms with E-state index in [9.17, 15) is 19.2 Å². The van der Waals surface area contributed by atoms with E-state index < -0.39 is 23.3 Å². The highest BCUT2D eigenvalue weighted by molar-refractivity contribution is 5.94. The number of hydroxylamine groups is 1. The van der Waals surface area contributed by atoms with Crippen molar-refractivity contribution in [2.45, 2.75) is 72.4 Å². The zero-order valence-electron chi connectivity index (χ0n) is 21.5. The molecular weight excluding hydrogens is 448 g/mol. The number of nitrogens with one attached hydrogen (secondary N) is 3. The summed E-state index contributed by atoms with van der Waals surface area (Å²) in [5.41, 5.74) is 1.64. The molecule has 9 nitrogen and oxygen atoms in total. The van der Waals surface area contributed by atoms with E-state index in [0.29, 0.717) is 37.9 Å². The molecule has 0 bridgehead atoms. The molecule has 1 saturated heterocycles. The van der Waals surface area contributed by atoms with Crippen LogP contribution in [-0.2, 0) is 14.4 Å². The number of carbonyl (C=O) groups is 4. The number of nitrogens with zero attached hydrogens (tertiary/aromatic N) is 1. The largest absolute Gasteiger partial charge is 0.349 e. The summed E-state index contributed by atoms with van der Waals surface area (Å²) in [7, 11) is 0. The van der Waals surface area contributed by atoms with Crippen LogP contribution in [0.2, 0.25) is 0 Å². The van der Waals surface area contributed by atoms with Gasteiger partial charge in [-0.2, -0.15) is 0 Å². The van der Waals surface area contributed by atoms with Crippen LogP contribution in [0.1, 0.15) is 70.7 Å². The monoisotopic (exact) mass is 488 g/mol. The molecule has 1 fully saturated rings. The third-order valence-corrected chi connectivity index (χ3v) is 6.26. The first kappa shape index (κ1) is 28.3. The zero-order chi connectivity index (χ0) is 26.2. The number of piperidine rings is 1. The van der Waals surface area contributed by atoms with Gasteiger partial charge in [0.15, 0.2) is 0 Å². The van der Waals surface area contributed by atoms with Crippen molar-refractivity contribution >= 4 is 23.6 Å². The van der Waals surface area contributed by atoms with Gasteiger partial charge in [-0.3, -0.25) is 24.4 Å². The van der Waals surface area contributed by atoms with E-state index in [2.05, 4.69) is 10.6 Å². The predicted octanol–water partition coefficient (Wildman–Crippen LogP) is 2.50. The molecule has 0 saturated carbocycles. The van der Waals surface area contributed by atoms with Crippen molar-refractivity contribution in [3.8, 4) is 0 Å². The lowest BCUT2D eigenvalue weighted by Crippen LogP contribution is -2.58. The maximum atomic E-state index is 13.5. The Morgan fingerprint density at radius 2 is 1.66 bits per heavy atom. The Morgan fingerprint density at radius 1 is 1.06 bits per heavy atom. The molecule has 0 radical (unpaired) electrons. The van der Waals surface area contributed by atoms with Gasteiger partial charge in [-0.05, 0) is 42.7 Å². The molecule has 4 N–H and O–H groups in total. The first-order valence-corrected chi connectivity index (χ1v) is 12.3. The fraction of sp³-hybridized carbons (Fsp3) is 0.615. The normalized spacial score (nSPS) is 16.4. The third-order valence-electron chi connectivity index (χ3n) is 6.26. The first-order valence-electron chi connectivity index (χ1n) is 12.3. The Hall–Kier alpha value is -2.94. The van der Waals surface area contributed by atoms with E-state index in [0.717, 1.165) is 0 Å². The molecule has 35 heavy (non-hydrogen) atoms. The van der Waals surface area contributed by atoms with Crippen molar-refractivity contribution in [2.75, 3.05) is 13.1 Å². The van der Waals surface area contributed by atoms with Gasteiger partial charge in [-0.15, -0.1) is 0 Å². The predicted molar refractivity (Wildman–Crippen MR) is 132 cm³/mol. The molecule has 9 heteroatoms. The SMILES string of the molecule is CC(C)C[C@@H](CC(=O)NO)C(=O)N[C@@H](C(=O)N1CCC(NC(=O)c2ccccc2)CC1)C(C)(C)C.